The maximum Gasteiger partial charge on any atom is 0.326 e. The highest BCUT2D eigenvalue weighted by molar-refractivity contribution is 6.37. The van der Waals surface area contributed by atoms with Gasteiger partial charge in [-0.2, -0.15) is 0 Å². The van der Waals surface area contributed by atoms with Crippen molar-refractivity contribution in [1.82, 2.24) is 10.6 Å². The molecule has 0 spiro atoms. The summed E-state index contributed by atoms with van der Waals surface area (Å²) in [6.07, 6.45) is 3.21. The van der Waals surface area contributed by atoms with Crippen LogP contribution in [0, 0.1) is 10.1 Å². The van der Waals surface area contributed by atoms with E-state index >= 15 is 0 Å². The number of hydrogen-bond donors (Lipinski definition) is 5. The highest BCUT2D eigenvalue weighted by Crippen LogP contribution is 2.39. The molecule has 0 bridgehead atoms. The second kappa shape index (κ2) is 10.6. The van der Waals surface area contributed by atoms with E-state index in [-0.39, 0.29) is 22.9 Å². The number of imide groups is 1. The summed E-state index contributed by atoms with van der Waals surface area (Å²) in [5.74, 6) is -0.895. The average Bonchev–Trinajstić information content (AvgIpc) is 3.43. The Labute approximate surface area is 222 Å². The summed E-state index contributed by atoms with van der Waals surface area (Å²) < 4.78 is 0. The Bertz CT molecular complexity index is 1560. The second-order valence-corrected chi connectivity index (χ2v) is 8.99. The Morgan fingerprint density at radius 3 is 2.31 bits per heavy atom. The number of urea groups is 1. The predicted molar refractivity (Wildman–Crippen MR) is 147 cm³/mol. The van der Waals surface area contributed by atoms with Crippen LogP contribution in [0.15, 0.2) is 72.4 Å². The van der Waals surface area contributed by atoms with E-state index in [9.17, 15) is 24.5 Å². The Hall–Kier alpha value is -5.29. The molecule has 0 unspecified atom stereocenters. The van der Waals surface area contributed by atoms with Crippen LogP contribution in [0.1, 0.15) is 28.7 Å². The zero-order chi connectivity index (χ0) is 27.5. The number of nitrogens with zero attached hydrogens (tertiary/aromatic N) is 1. The molecule has 3 aromatic carbocycles. The fourth-order valence-corrected chi connectivity index (χ4v) is 4.40. The quantitative estimate of drug-likeness (QED) is 0.130. The fraction of sp³-hybridized carbons (Fsp3) is 0.107. The lowest BCUT2D eigenvalue weighted by Gasteiger charge is -2.15. The summed E-state index contributed by atoms with van der Waals surface area (Å²) >= 11 is 0. The summed E-state index contributed by atoms with van der Waals surface area (Å²) in [5, 5.41) is 22.1. The van der Waals surface area contributed by atoms with Gasteiger partial charge in [-0.05, 0) is 60.4 Å². The highest BCUT2D eigenvalue weighted by Gasteiger charge is 2.30. The molecule has 5 rings (SSSR count). The van der Waals surface area contributed by atoms with Gasteiger partial charge in [-0.15, -0.1) is 0 Å². The predicted octanol–water partition coefficient (Wildman–Crippen LogP) is 3.60. The van der Waals surface area contributed by atoms with E-state index in [1.807, 2.05) is 24.3 Å². The molecule has 196 valence electrons. The molecular weight excluding hydrogens is 500 g/mol. The molecule has 1 saturated heterocycles. The van der Waals surface area contributed by atoms with Crippen molar-refractivity contribution in [1.29, 1.82) is 0 Å². The van der Waals surface area contributed by atoms with Gasteiger partial charge in [0, 0.05) is 29.1 Å². The van der Waals surface area contributed by atoms with Crippen molar-refractivity contribution in [3.05, 3.63) is 105 Å². The van der Waals surface area contributed by atoms with Crippen molar-refractivity contribution in [3.63, 3.8) is 0 Å². The van der Waals surface area contributed by atoms with Crippen molar-refractivity contribution in [2.24, 2.45) is 5.73 Å². The number of nitrogens with one attached hydrogen (secondary N) is 4. The number of nitro groups is 1. The lowest BCUT2D eigenvalue weighted by Crippen LogP contribution is -2.22. The number of nitro benzene ring substituents is 1. The molecule has 0 aromatic heterocycles. The molecule has 11 heteroatoms. The number of benzene rings is 3. The molecule has 0 aliphatic carbocycles. The van der Waals surface area contributed by atoms with Crippen LogP contribution in [-0.2, 0) is 16.0 Å². The van der Waals surface area contributed by atoms with Crippen molar-refractivity contribution >= 4 is 52.3 Å². The zero-order valence-corrected chi connectivity index (χ0v) is 20.6. The standard InChI is InChI=1S/C28H24N6O5/c29-13-1-2-16-3-7-18(8-4-16)25(24-21-15-20(34(38)39)11-12-22(21)31-27(24)36)30-19-9-5-17(6-10-19)14-23-26(35)33-28(37)32-23/h3-12,14-15,30H,1-2,13,29H2,(H,31,36)(H2,32,33,35,37). The molecule has 0 saturated carbocycles. The van der Waals surface area contributed by atoms with E-state index < -0.39 is 16.9 Å². The van der Waals surface area contributed by atoms with Gasteiger partial charge in [-0.3, -0.25) is 25.0 Å². The molecule has 2 heterocycles. The van der Waals surface area contributed by atoms with E-state index in [0.29, 0.717) is 40.3 Å². The number of rotatable bonds is 8. The number of non-ortho nitro benzene ring substituents is 1. The number of fused-ring (bicyclic) bond motifs is 1. The van der Waals surface area contributed by atoms with Crippen LogP contribution in [-0.4, -0.2) is 29.3 Å². The number of hydrogen-bond acceptors (Lipinski definition) is 7. The van der Waals surface area contributed by atoms with Crippen LogP contribution in [0.2, 0.25) is 0 Å². The van der Waals surface area contributed by atoms with E-state index in [4.69, 9.17) is 5.73 Å². The lowest BCUT2D eigenvalue weighted by molar-refractivity contribution is -0.384. The number of anilines is 2. The molecule has 0 radical (unpaired) electrons. The summed E-state index contributed by atoms with van der Waals surface area (Å²) in [7, 11) is 0. The number of carbonyl (C=O) groups excluding carboxylic acids is 3. The third-order valence-electron chi connectivity index (χ3n) is 6.33. The van der Waals surface area contributed by atoms with Crippen molar-refractivity contribution < 1.29 is 19.3 Å². The smallest absolute Gasteiger partial charge is 0.326 e. The van der Waals surface area contributed by atoms with E-state index in [0.717, 1.165) is 18.4 Å². The van der Waals surface area contributed by atoms with Crippen LogP contribution < -0.4 is 27.0 Å². The molecule has 39 heavy (non-hydrogen) atoms. The topological polar surface area (TPSA) is 168 Å². The van der Waals surface area contributed by atoms with E-state index in [1.54, 1.807) is 30.3 Å². The molecule has 3 aromatic rings. The summed E-state index contributed by atoms with van der Waals surface area (Å²) in [6, 6.07) is 18.4. The SMILES string of the molecule is NCCCc1ccc(C(Nc2ccc(C=C3NC(=O)NC3=O)cc2)=C2C(=O)Nc3ccc([N+](=O)[O-])cc32)cc1. The number of aryl methyl sites for hydroxylation is 1. The van der Waals surface area contributed by atoms with E-state index in [1.165, 1.54) is 18.2 Å². The van der Waals surface area contributed by atoms with Gasteiger partial charge in [0.2, 0.25) is 0 Å². The normalized spacial score (nSPS) is 16.4. The lowest BCUT2D eigenvalue weighted by atomic mass is 9.98. The van der Waals surface area contributed by atoms with Gasteiger partial charge in [-0.1, -0.05) is 36.4 Å². The van der Waals surface area contributed by atoms with Gasteiger partial charge >= 0.3 is 6.03 Å². The molecule has 4 amide bonds. The first-order valence-electron chi connectivity index (χ1n) is 12.2. The zero-order valence-electron chi connectivity index (χ0n) is 20.6. The monoisotopic (exact) mass is 524 g/mol. The van der Waals surface area contributed by atoms with Gasteiger partial charge in [0.15, 0.2) is 0 Å². The molecule has 6 N–H and O–H groups in total. The summed E-state index contributed by atoms with van der Waals surface area (Å²) in [6.45, 7) is 0.581. The van der Waals surface area contributed by atoms with Crippen LogP contribution >= 0.6 is 0 Å². The molecular formula is C28H24N6O5. The van der Waals surface area contributed by atoms with Gasteiger partial charge < -0.3 is 21.7 Å². The Kier molecular flexibility index (Phi) is 6.89. The Morgan fingerprint density at radius 2 is 1.67 bits per heavy atom. The molecule has 1 fully saturated rings. The largest absolute Gasteiger partial charge is 0.354 e. The number of carbonyl (C=O) groups is 3. The van der Waals surface area contributed by atoms with Gasteiger partial charge in [0.05, 0.1) is 16.2 Å². The van der Waals surface area contributed by atoms with Crippen LogP contribution in [0.5, 0.6) is 0 Å². The summed E-state index contributed by atoms with van der Waals surface area (Å²) in [4.78, 5) is 47.3. The van der Waals surface area contributed by atoms with Crippen LogP contribution in [0.3, 0.4) is 0 Å². The Morgan fingerprint density at radius 1 is 0.923 bits per heavy atom. The number of amides is 4. The Balaban J connectivity index is 1.54. The van der Waals surface area contributed by atoms with Gasteiger partial charge in [0.25, 0.3) is 17.5 Å². The average molecular weight is 525 g/mol. The van der Waals surface area contributed by atoms with Crippen molar-refractivity contribution in [2.75, 3.05) is 17.2 Å². The molecule has 11 nitrogen and oxygen atoms in total. The second-order valence-electron chi connectivity index (χ2n) is 8.99. The first-order chi connectivity index (χ1) is 18.8. The molecule has 2 aliphatic heterocycles. The first-order valence-corrected chi connectivity index (χ1v) is 12.2. The third kappa shape index (κ3) is 5.38. The van der Waals surface area contributed by atoms with Gasteiger partial charge in [0.1, 0.15) is 5.70 Å². The minimum Gasteiger partial charge on any atom is -0.354 e. The fourth-order valence-electron chi connectivity index (χ4n) is 4.40. The minimum absolute atomic E-state index is 0.125. The van der Waals surface area contributed by atoms with Crippen molar-refractivity contribution in [2.45, 2.75) is 12.8 Å². The highest BCUT2D eigenvalue weighted by atomic mass is 16.6. The minimum atomic E-state index is -0.579. The third-order valence-corrected chi connectivity index (χ3v) is 6.33. The van der Waals surface area contributed by atoms with E-state index in [2.05, 4.69) is 21.3 Å². The van der Waals surface area contributed by atoms with Crippen molar-refractivity contribution in [3.8, 4) is 0 Å². The first kappa shape index (κ1) is 25.4. The number of nitrogens with two attached hydrogens (primary N) is 1. The van der Waals surface area contributed by atoms with Gasteiger partial charge in [-0.25, -0.2) is 4.79 Å². The maximum absolute atomic E-state index is 13.2. The van der Waals surface area contributed by atoms with Crippen LogP contribution in [0.25, 0.3) is 17.3 Å². The maximum atomic E-state index is 13.2. The van der Waals surface area contributed by atoms with Crippen LogP contribution in [0.4, 0.5) is 21.9 Å². The summed E-state index contributed by atoms with van der Waals surface area (Å²) in [5.41, 5.74) is 10.4. The molecule has 2 aliphatic rings. The molecule has 0 atom stereocenters.